The number of rotatable bonds is 5. The molecule has 0 N–H and O–H groups in total. The highest BCUT2D eigenvalue weighted by molar-refractivity contribution is 5.77. The van der Waals surface area contributed by atoms with Crippen molar-refractivity contribution in [2.75, 3.05) is 7.11 Å². The van der Waals surface area contributed by atoms with Gasteiger partial charge in [0, 0.05) is 0 Å². The average Bonchev–Trinajstić information content (AvgIpc) is 3.24. The summed E-state index contributed by atoms with van der Waals surface area (Å²) in [6.07, 6.45) is 9.81. The molecule has 0 radical (unpaired) electrons. The van der Waals surface area contributed by atoms with Gasteiger partial charge in [-0.05, 0) is 70.1 Å². The molecule has 0 aromatic rings. The van der Waals surface area contributed by atoms with E-state index in [1.807, 2.05) is 6.08 Å². The van der Waals surface area contributed by atoms with Crippen LogP contribution in [-0.4, -0.2) is 24.8 Å². The normalized spacial score (nSPS) is 44.5. The number of allylic oxidation sites excluding steroid dienone is 1. The molecule has 1 saturated heterocycles. The van der Waals surface area contributed by atoms with Crippen molar-refractivity contribution in [3.63, 3.8) is 0 Å². The minimum absolute atomic E-state index is 0.0202. The van der Waals surface area contributed by atoms with E-state index >= 15 is 0 Å². The van der Waals surface area contributed by atoms with Gasteiger partial charge in [-0.3, -0.25) is 4.79 Å². The Morgan fingerprint density at radius 1 is 1.38 bits per heavy atom. The van der Waals surface area contributed by atoms with Crippen molar-refractivity contribution >= 4 is 5.97 Å². The molecule has 1 aliphatic heterocycles. The van der Waals surface area contributed by atoms with Crippen molar-refractivity contribution in [1.29, 1.82) is 0 Å². The predicted molar refractivity (Wildman–Crippen MR) is 95.5 cm³/mol. The quantitative estimate of drug-likeness (QED) is 0.417. The van der Waals surface area contributed by atoms with E-state index in [0.29, 0.717) is 23.9 Å². The van der Waals surface area contributed by atoms with Crippen molar-refractivity contribution in [3.05, 3.63) is 24.8 Å². The molecule has 0 bridgehead atoms. The fraction of sp³-hybridized carbons (Fsp3) is 0.762. The highest BCUT2D eigenvalue weighted by Crippen LogP contribution is 2.55. The molecular formula is C21H32O3. The molecule has 3 heteroatoms. The number of hydrogen-bond donors (Lipinski definition) is 0. The molecule has 2 aliphatic carbocycles. The number of esters is 1. The topological polar surface area (TPSA) is 38.8 Å². The lowest BCUT2D eigenvalue weighted by atomic mass is 9.54. The molecule has 6 unspecified atom stereocenters. The second kappa shape index (κ2) is 6.33. The lowest BCUT2D eigenvalue weighted by molar-refractivity contribution is -0.161. The Bertz CT molecular complexity index is 539. The maximum absolute atomic E-state index is 12.5. The van der Waals surface area contributed by atoms with Crippen LogP contribution in [0.4, 0.5) is 0 Å². The van der Waals surface area contributed by atoms with Crippen molar-refractivity contribution < 1.29 is 14.3 Å². The zero-order valence-electron chi connectivity index (χ0n) is 15.5. The molecule has 6 atom stereocenters. The van der Waals surface area contributed by atoms with Crippen LogP contribution in [0, 0.1) is 23.2 Å². The molecule has 0 spiro atoms. The summed E-state index contributed by atoms with van der Waals surface area (Å²) < 4.78 is 11.0. The summed E-state index contributed by atoms with van der Waals surface area (Å²) >= 11 is 0. The number of fused-ring (bicyclic) bond motifs is 1. The zero-order valence-corrected chi connectivity index (χ0v) is 15.5. The van der Waals surface area contributed by atoms with Gasteiger partial charge >= 0.3 is 5.97 Å². The first-order valence-corrected chi connectivity index (χ1v) is 9.43. The number of methoxy groups -OCH3 is 1. The van der Waals surface area contributed by atoms with Crippen LogP contribution in [0.1, 0.15) is 58.8 Å². The van der Waals surface area contributed by atoms with Crippen LogP contribution >= 0.6 is 0 Å². The van der Waals surface area contributed by atoms with Gasteiger partial charge < -0.3 is 9.47 Å². The van der Waals surface area contributed by atoms with Gasteiger partial charge in [0.15, 0.2) is 0 Å². The molecule has 24 heavy (non-hydrogen) atoms. The molecular weight excluding hydrogens is 300 g/mol. The molecule has 1 heterocycles. The maximum Gasteiger partial charge on any atom is 0.311 e. The first-order chi connectivity index (χ1) is 11.4. The third-order valence-corrected chi connectivity index (χ3v) is 7.16. The Morgan fingerprint density at radius 2 is 2.12 bits per heavy atom. The summed E-state index contributed by atoms with van der Waals surface area (Å²) in [5.74, 6) is 1.50. The largest absolute Gasteiger partial charge is 0.469 e. The van der Waals surface area contributed by atoms with E-state index in [0.717, 1.165) is 38.5 Å². The van der Waals surface area contributed by atoms with Crippen molar-refractivity contribution in [2.45, 2.75) is 70.5 Å². The van der Waals surface area contributed by atoms with Gasteiger partial charge in [-0.25, -0.2) is 0 Å². The van der Waals surface area contributed by atoms with Crippen LogP contribution in [0.3, 0.4) is 0 Å². The second-order valence-corrected chi connectivity index (χ2v) is 8.45. The van der Waals surface area contributed by atoms with E-state index < -0.39 is 0 Å². The number of carbonyl (C=O) groups is 1. The first-order valence-electron chi connectivity index (χ1n) is 9.43. The fourth-order valence-electron chi connectivity index (χ4n) is 5.44. The number of epoxide rings is 1. The third-order valence-electron chi connectivity index (χ3n) is 7.16. The van der Waals surface area contributed by atoms with Gasteiger partial charge in [0.05, 0.1) is 18.6 Å². The van der Waals surface area contributed by atoms with Crippen LogP contribution in [0.5, 0.6) is 0 Å². The smallest absolute Gasteiger partial charge is 0.311 e. The molecule has 3 fully saturated rings. The van der Waals surface area contributed by atoms with Crippen LogP contribution in [0.2, 0.25) is 0 Å². The Balaban J connectivity index is 1.71. The van der Waals surface area contributed by atoms with Gasteiger partial charge in [0.25, 0.3) is 0 Å². The van der Waals surface area contributed by atoms with E-state index in [9.17, 15) is 4.79 Å². The van der Waals surface area contributed by atoms with Crippen molar-refractivity contribution in [3.8, 4) is 0 Å². The lowest BCUT2D eigenvalue weighted by Gasteiger charge is -2.50. The van der Waals surface area contributed by atoms with E-state index in [2.05, 4.69) is 27.0 Å². The van der Waals surface area contributed by atoms with Gasteiger partial charge in [0.1, 0.15) is 5.60 Å². The Kier molecular flexibility index (Phi) is 4.67. The number of ether oxygens (including phenoxy) is 2. The zero-order chi connectivity index (χ0) is 17.5. The first kappa shape index (κ1) is 17.7. The number of carbonyl (C=O) groups excluding carboxylic acids is 1. The minimum atomic E-state index is -0.317. The van der Waals surface area contributed by atoms with E-state index in [4.69, 9.17) is 9.47 Å². The molecule has 0 aromatic carbocycles. The second-order valence-electron chi connectivity index (χ2n) is 8.45. The van der Waals surface area contributed by atoms with Gasteiger partial charge in [-0.2, -0.15) is 0 Å². The molecule has 0 amide bonds. The van der Waals surface area contributed by atoms with E-state index in [1.54, 1.807) is 0 Å². The van der Waals surface area contributed by atoms with E-state index in [1.165, 1.54) is 19.1 Å². The lowest BCUT2D eigenvalue weighted by Crippen LogP contribution is -2.47. The average molecular weight is 332 g/mol. The maximum atomic E-state index is 12.5. The third kappa shape index (κ3) is 2.85. The van der Waals surface area contributed by atoms with E-state index in [-0.39, 0.29) is 17.0 Å². The summed E-state index contributed by atoms with van der Waals surface area (Å²) in [6.45, 7) is 12.5. The van der Waals surface area contributed by atoms with Crippen molar-refractivity contribution in [1.82, 2.24) is 0 Å². The Labute approximate surface area is 146 Å². The molecule has 3 nitrogen and oxygen atoms in total. The standard InChI is InChI=1S/C21H32O3/c1-6-21(4)18(24-21)12-10-15-14(2)9-11-17-16(15)8-7-13-20(17,3)19(22)23-5/h6,15-18H,1-2,7-13H2,3-5H3. The van der Waals surface area contributed by atoms with Gasteiger partial charge in [-0.1, -0.05) is 24.6 Å². The van der Waals surface area contributed by atoms with Crippen LogP contribution < -0.4 is 0 Å². The van der Waals surface area contributed by atoms with Crippen LogP contribution in [-0.2, 0) is 14.3 Å². The highest BCUT2D eigenvalue weighted by atomic mass is 16.6. The molecule has 134 valence electrons. The number of hydrogen-bond acceptors (Lipinski definition) is 3. The summed E-state index contributed by atoms with van der Waals surface area (Å²) in [5, 5.41) is 0. The molecule has 2 saturated carbocycles. The monoisotopic (exact) mass is 332 g/mol. The Morgan fingerprint density at radius 3 is 2.75 bits per heavy atom. The minimum Gasteiger partial charge on any atom is -0.469 e. The van der Waals surface area contributed by atoms with Gasteiger partial charge in [0.2, 0.25) is 0 Å². The SMILES string of the molecule is C=CC1(C)OC1CCC1C(=C)CCC2C1CCCC2(C)C(=O)OC. The summed E-state index contributed by atoms with van der Waals surface area (Å²) in [6, 6.07) is 0. The van der Waals surface area contributed by atoms with Crippen LogP contribution in [0.25, 0.3) is 0 Å². The fourth-order valence-corrected chi connectivity index (χ4v) is 5.44. The summed E-state index contributed by atoms with van der Waals surface area (Å²) in [4.78, 5) is 12.5. The van der Waals surface area contributed by atoms with Crippen LogP contribution in [0.15, 0.2) is 24.8 Å². The summed E-state index contributed by atoms with van der Waals surface area (Å²) in [5.41, 5.74) is 0.941. The molecule has 0 aromatic heterocycles. The molecule has 3 rings (SSSR count). The molecule has 3 aliphatic rings. The van der Waals surface area contributed by atoms with Crippen molar-refractivity contribution in [2.24, 2.45) is 23.2 Å². The highest BCUT2D eigenvalue weighted by Gasteiger charge is 2.53. The predicted octanol–water partition coefficient (Wildman–Crippen LogP) is 4.67. The Hall–Kier alpha value is -1.09. The van der Waals surface area contributed by atoms with Gasteiger partial charge in [-0.15, -0.1) is 6.58 Å². The summed E-state index contributed by atoms with van der Waals surface area (Å²) in [7, 11) is 1.52.